The normalized spacial score (nSPS) is 22.7. The van der Waals surface area contributed by atoms with E-state index in [2.05, 4.69) is 10.0 Å². The highest BCUT2D eigenvalue weighted by Crippen LogP contribution is 2.22. The van der Waals surface area contributed by atoms with Gasteiger partial charge in [-0.2, -0.15) is 44.4 Å². The number of rotatable bonds is 5. The average molecular weight is 444 g/mol. The summed E-state index contributed by atoms with van der Waals surface area (Å²) in [7, 11) is -3.68. The first kappa shape index (κ1) is 24.1. The summed E-state index contributed by atoms with van der Waals surface area (Å²) in [6.45, 7) is 1.12. The molecule has 2 N–H and O–H groups in total. The molecule has 12 heteroatoms. The SMILES string of the molecule is O=C(Nc1ccc(F)c(F)c1)[C@H]1CCN(S(=O)(=O)N[C@H]2CCOC2)C1.S.S. The standard InChI is InChI=1S/C15H19F2N3O4S.2H2S/c16-13-2-1-11(7-14(13)17)18-15(21)10-3-5-20(8-10)25(22,23)19-12-4-6-24-9-12;;/h1-2,7,10,12,19H,3-6,8-9H2,(H,18,21);2*1H2/t10-,12-;;/m0../s1. The fourth-order valence-electron chi connectivity index (χ4n) is 2.89. The summed E-state index contributed by atoms with van der Waals surface area (Å²) < 4.78 is 59.7. The minimum absolute atomic E-state index is 0. The van der Waals surface area contributed by atoms with Gasteiger partial charge in [0.15, 0.2) is 11.6 Å². The van der Waals surface area contributed by atoms with Crippen LogP contribution in [0.4, 0.5) is 14.5 Å². The Morgan fingerprint density at radius 2 is 1.93 bits per heavy atom. The molecule has 0 spiro atoms. The van der Waals surface area contributed by atoms with Crippen molar-refractivity contribution < 1.29 is 26.7 Å². The minimum Gasteiger partial charge on any atom is -0.380 e. The van der Waals surface area contributed by atoms with Crippen molar-refractivity contribution in [2.24, 2.45) is 5.92 Å². The van der Waals surface area contributed by atoms with E-state index in [4.69, 9.17) is 4.74 Å². The molecule has 2 atom stereocenters. The van der Waals surface area contributed by atoms with Gasteiger partial charge in [0.1, 0.15) is 0 Å². The van der Waals surface area contributed by atoms with Crippen LogP contribution >= 0.6 is 27.0 Å². The van der Waals surface area contributed by atoms with Crippen LogP contribution in [0.1, 0.15) is 12.8 Å². The summed E-state index contributed by atoms with van der Waals surface area (Å²) in [5, 5.41) is 2.49. The highest BCUT2D eigenvalue weighted by Gasteiger charge is 2.36. The summed E-state index contributed by atoms with van der Waals surface area (Å²) in [6, 6.07) is 2.81. The van der Waals surface area contributed by atoms with Crippen molar-refractivity contribution in [3.05, 3.63) is 29.8 Å². The lowest BCUT2D eigenvalue weighted by atomic mass is 10.1. The van der Waals surface area contributed by atoms with Crippen LogP contribution in [-0.2, 0) is 19.7 Å². The molecule has 1 aromatic rings. The number of hydrogen-bond acceptors (Lipinski definition) is 4. The lowest BCUT2D eigenvalue weighted by Gasteiger charge is -2.19. The van der Waals surface area contributed by atoms with Gasteiger partial charge in [0, 0.05) is 37.5 Å². The molecule has 154 valence electrons. The number of carbonyl (C=O) groups is 1. The van der Waals surface area contributed by atoms with Crippen molar-refractivity contribution in [3.8, 4) is 0 Å². The number of hydrogen-bond donors (Lipinski definition) is 2. The Balaban J connectivity index is 0.00000182. The Morgan fingerprint density at radius 1 is 1.19 bits per heavy atom. The second kappa shape index (κ2) is 10.0. The van der Waals surface area contributed by atoms with Crippen LogP contribution in [0.25, 0.3) is 0 Å². The maximum atomic E-state index is 13.2. The smallest absolute Gasteiger partial charge is 0.279 e. The zero-order valence-electron chi connectivity index (χ0n) is 14.4. The third kappa shape index (κ3) is 6.03. The molecule has 0 unspecified atom stereocenters. The summed E-state index contributed by atoms with van der Waals surface area (Å²) in [5.74, 6) is -3.04. The van der Waals surface area contributed by atoms with Crippen LogP contribution in [0.15, 0.2) is 18.2 Å². The van der Waals surface area contributed by atoms with Gasteiger partial charge in [-0.25, -0.2) is 8.78 Å². The molecule has 7 nitrogen and oxygen atoms in total. The molecule has 3 rings (SSSR count). The summed E-state index contributed by atoms with van der Waals surface area (Å²) in [5.41, 5.74) is 0.131. The van der Waals surface area contributed by atoms with E-state index in [-0.39, 0.29) is 51.8 Å². The predicted octanol–water partition coefficient (Wildman–Crippen LogP) is 1.07. The first-order chi connectivity index (χ1) is 11.8. The van der Waals surface area contributed by atoms with E-state index < -0.39 is 33.7 Å². The van der Waals surface area contributed by atoms with E-state index in [1.54, 1.807) is 0 Å². The number of amides is 1. The van der Waals surface area contributed by atoms with Crippen LogP contribution in [-0.4, -0.2) is 51.0 Å². The Hall–Kier alpha value is -0.920. The van der Waals surface area contributed by atoms with E-state index in [1.165, 1.54) is 10.4 Å². The summed E-state index contributed by atoms with van der Waals surface area (Å²) >= 11 is 0. The maximum absolute atomic E-state index is 13.2. The van der Waals surface area contributed by atoms with Crippen molar-refractivity contribution in [2.75, 3.05) is 31.6 Å². The second-order valence-electron chi connectivity index (χ2n) is 6.15. The first-order valence-corrected chi connectivity index (χ1v) is 9.40. The van der Waals surface area contributed by atoms with Crippen molar-refractivity contribution in [1.82, 2.24) is 9.03 Å². The molecule has 2 saturated heterocycles. The van der Waals surface area contributed by atoms with Crippen LogP contribution in [0, 0.1) is 17.6 Å². The van der Waals surface area contributed by atoms with Gasteiger partial charge in [0.2, 0.25) is 5.91 Å². The number of nitrogens with zero attached hydrogens (tertiary/aromatic N) is 1. The van der Waals surface area contributed by atoms with Crippen LogP contribution in [0.5, 0.6) is 0 Å². The number of anilines is 1. The Kier molecular flexibility index (Phi) is 8.96. The quantitative estimate of drug-likeness (QED) is 0.713. The second-order valence-corrected chi connectivity index (χ2v) is 7.85. The number of carbonyl (C=O) groups excluding carboxylic acids is 1. The molecule has 0 bridgehead atoms. The third-order valence-corrected chi connectivity index (χ3v) is 5.94. The maximum Gasteiger partial charge on any atom is 0.279 e. The molecule has 1 amide bonds. The molecule has 0 radical (unpaired) electrons. The highest BCUT2D eigenvalue weighted by molar-refractivity contribution is 7.87. The van der Waals surface area contributed by atoms with Crippen molar-refractivity contribution in [1.29, 1.82) is 0 Å². The van der Waals surface area contributed by atoms with Crippen LogP contribution in [0.3, 0.4) is 0 Å². The van der Waals surface area contributed by atoms with Gasteiger partial charge >= 0.3 is 0 Å². The van der Waals surface area contributed by atoms with E-state index in [9.17, 15) is 22.0 Å². The van der Waals surface area contributed by atoms with Crippen LogP contribution in [0.2, 0.25) is 0 Å². The topological polar surface area (TPSA) is 87.7 Å². The molecule has 2 aliphatic heterocycles. The molecular weight excluding hydrogens is 420 g/mol. The van der Waals surface area contributed by atoms with E-state index in [0.29, 0.717) is 26.1 Å². The molecule has 0 aromatic heterocycles. The van der Waals surface area contributed by atoms with Crippen molar-refractivity contribution >= 4 is 48.8 Å². The molecule has 0 saturated carbocycles. The van der Waals surface area contributed by atoms with Gasteiger partial charge in [-0.05, 0) is 25.0 Å². The first-order valence-electron chi connectivity index (χ1n) is 7.96. The minimum atomic E-state index is -3.68. The largest absolute Gasteiger partial charge is 0.380 e. The molecule has 2 aliphatic rings. The van der Waals surface area contributed by atoms with Gasteiger partial charge in [-0.15, -0.1) is 0 Å². The van der Waals surface area contributed by atoms with Gasteiger partial charge in [0.25, 0.3) is 10.2 Å². The summed E-state index contributed by atoms with van der Waals surface area (Å²) in [6.07, 6.45) is 0.977. The number of benzene rings is 1. The molecule has 1 aromatic carbocycles. The van der Waals surface area contributed by atoms with Gasteiger partial charge in [-0.3, -0.25) is 4.79 Å². The fraction of sp³-hybridized carbons (Fsp3) is 0.533. The fourth-order valence-corrected chi connectivity index (χ4v) is 4.37. The lowest BCUT2D eigenvalue weighted by molar-refractivity contribution is -0.119. The molecular formula is C15H23F2N3O4S3. The average Bonchev–Trinajstić information content (AvgIpc) is 3.22. The highest BCUT2D eigenvalue weighted by atomic mass is 32.2. The Labute approximate surface area is 170 Å². The number of ether oxygens (including phenoxy) is 1. The molecule has 2 fully saturated rings. The third-order valence-electron chi connectivity index (χ3n) is 4.29. The predicted molar refractivity (Wildman–Crippen MR) is 107 cm³/mol. The van der Waals surface area contributed by atoms with E-state index in [0.717, 1.165) is 12.1 Å². The zero-order valence-corrected chi connectivity index (χ0v) is 17.2. The van der Waals surface area contributed by atoms with Gasteiger partial charge in [-0.1, -0.05) is 0 Å². The number of halogens is 2. The summed E-state index contributed by atoms with van der Waals surface area (Å²) in [4.78, 5) is 12.2. The molecule has 0 aliphatic carbocycles. The monoisotopic (exact) mass is 443 g/mol. The zero-order chi connectivity index (χ0) is 18.0. The van der Waals surface area contributed by atoms with E-state index in [1.807, 2.05) is 0 Å². The molecule has 27 heavy (non-hydrogen) atoms. The Morgan fingerprint density at radius 3 is 2.56 bits per heavy atom. The van der Waals surface area contributed by atoms with Crippen LogP contribution < -0.4 is 10.0 Å². The van der Waals surface area contributed by atoms with Crippen molar-refractivity contribution in [2.45, 2.75) is 18.9 Å². The van der Waals surface area contributed by atoms with E-state index >= 15 is 0 Å². The number of nitrogens with one attached hydrogen (secondary N) is 2. The van der Waals surface area contributed by atoms with Crippen molar-refractivity contribution in [3.63, 3.8) is 0 Å². The molecule has 2 heterocycles. The van der Waals surface area contributed by atoms with Gasteiger partial charge in [0.05, 0.1) is 12.5 Å². The lowest BCUT2D eigenvalue weighted by Crippen LogP contribution is -2.45. The Bertz CT molecular complexity index is 761. The van der Waals surface area contributed by atoms with Gasteiger partial charge < -0.3 is 10.1 Å².